The number of nitrogens with zero attached hydrogens (tertiary/aromatic N) is 6. The average Bonchev–Trinajstić information content (AvgIpc) is 3.33. The van der Waals surface area contributed by atoms with Crippen LogP contribution in [0.2, 0.25) is 0 Å². The number of pyridine rings is 1. The molecular formula is C20H25N7O2. The largest absolute Gasteiger partial charge is 0.491 e. The molecule has 0 spiro atoms. The summed E-state index contributed by atoms with van der Waals surface area (Å²) in [6.07, 6.45) is 5.13. The SMILES string of the molecule is CC(C)c1nc(-c2cn3c(n2)-c2cnc(N4CCC(O)CC4)cc2OCC3)n[nH]1. The lowest BCUT2D eigenvalue weighted by Crippen LogP contribution is -2.36. The number of anilines is 1. The molecule has 1 fully saturated rings. The van der Waals surface area contributed by atoms with Gasteiger partial charge in [0.05, 0.1) is 18.2 Å². The van der Waals surface area contributed by atoms with Crippen molar-refractivity contribution >= 4 is 5.82 Å². The molecule has 152 valence electrons. The van der Waals surface area contributed by atoms with E-state index in [4.69, 9.17) is 9.72 Å². The number of hydrogen-bond donors (Lipinski definition) is 2. The van der Waals surface area contributed by atoms with E-state index < -0.39 is 0 Å². The lowest BCUT2D eigenvalue weighted by Gasteiger charge is -2.30. The minimum atomic E-state index is -0.207. The molecule has 2 aliphatic rings. The number of hydrogen-bond acceptors (Lipinski definition) is 7. The van der Waals surface area contributed by atoms with Crippen LogP contribution in [0.5, 0.6) is 5.75 Å². The van der Waals surface area contributed by atoms with Crippen LogP contribution in [0.1, 0.15) is 38.4 Å². The van der Waals surface area contributed by atoms with Crippen molar-refractivity contribution in [1.29, 1.82) is 0 Å². The molecule has 9 heteroatoms. The Morgan fingerprint density at radius 2 is 2.03 bits per heavy atom. The first-order valence-corrected chi connectivity index (χ1v) is 10.1. The van der Waals surface area contributed by atoms with Crippen LogP contribution in [-0.4, -0.2) is 60.6 Å². The summed E-state index contributed by atoms with van der Waals surface area (Å²) in [5.41, 5.74) is 1.61. The highest BCUT2D eigenvalue weighted by atomic mass is 16.5. The Hall–Kier alpha value is -2.94. The number of ether oxygens (including phenoxy) is 1. The van der Waals surface area contributed by atoms with Crippen LogP contribution in [0.3, 0.4) is 0 Å². The van der Waals surface area contributed by atoms with Crippen LogP contribution in [0.25, 0.3) is 22.9 Å². The maximum Gasteiger partial charge on any atom is 0.201 e. The number of nitrogens with one attached hydrogen (secondary N) is 1. The highest BCUT2D eigenvalue weighted by Crippen LogP contribution is 2.35. The van der Waals surface area contributed by atoms with E-state index in [1.807, 2.05) is 18.5 Å². The van der Waals surface area contributed by atoms with Gasteiger partial charge in [-0.05, 0) is 12.8 Å². The second-order valence-electron chi connectivity index (χ2n) is 7.95. The number of aliphatic hydroxyl groups is 1. The molecule has 3 aromatic heterocycles. The molecule has 1 saturated heterocycles. The van der Waals surface area contributed by atoms with Gasteiger partial charge in [-0.25, -0.2) is 15.0 Å². The molecule has 0 bridgehead atoms. The average molecular weight is 395 g/mol. The molecule has 0 amide bonds. The minimum Gasteiger partial charge on any atom is -0.491 e. The summed E-state index contributed by atoms with van der Waals surface area (Å²) >= 11 is 0. The fourth-order valence-electron chi connectivity index (χ4n) is 3.79. The number of aliphatic hydroxyl groups excluding tert-OH is 1. The highest BCUT2D eigenvalue weighted by molar-refractivity contribution is 5.69. The van der Waals surface area contributed by atoms with Gasteiger partial charge >= 0.3 is 0 Å². The van der Waals surface area contributed by atoms with Gasteiger partial charge in [-0.1, -0.05) is 13.8 Å². The van der Waals surface area contributed by atoms with Crippen molar-refractivity contribution in [2.45, 2.75) is 45.3 Å². The zero-order chi connectivity index (χ0) is 20.0. The normalized spacial score (nSPS) is 17.0. The molecule has 0 atom stereocenters. The maximum atomic E-state index is 9.75. The standard InChI is InChI=1S/C20H25N7O2/c1-12(2)18-23-19(25-24-18)15-11-27-7-8-29-16-9-17(21-10-14(16)20(27)22-15)26-5-3-13(28)4-6-26/h9-13,28H,3-8H2,1-2H3,(H,23,24,25). The topological polar surface area (TPSA) is 105 Å². The summed E-state index contributed by atoms with van der Waals surface area (Å²) in [6, 6.07) is 1.99. The summed E-state index contributed by atoms with van der Waals surface area (Å²) < 4.78 is 8.08. The molecule has 0 aliphatic carbocycles. The van der Waals surface area contributed by atoms with Crippen molar-refractivity contribution in [3.63, 3.8) is 0 Å². The van der Waals surface area contributed by atoms with E-state index in [1.54, 1.807) is 0 Å². The third-order valence-electron chi connectivity index (χ3n) is 5.53. The van der Waals surface area contributed by atoms with Crippen LogP contribution in [0, 0.1) is 0 Å². The number of imidazole rings is 1. The van der Waals surface area contributed by atoms with Crippen LogP contribution >= 0.6 is 0 Å². The van der Waals surface area contributed by atoms with Crippen molar-refractivity contribution in [2.24, 2.45) is 0 Å². The summed E-state index contributed by atoms with van der Waals surface area (Å²) in [7, 11) is 0. The molecule has 0 unspecified atom stereocenters. The Kier molecular flexibility index (Phi) is 4.46. The molecule has 29 heavy (non-hydrogen) atoms. The first kappa shape index (κ1) is 18.1. The van der Waals surface area contributed by atoms with Gasteiger partial charge in [0.1, 0.15) is 35.5 Å². The van der Waals surface area contributed by atoms with E-state index in [0.717, 1.165) is 60.4 Å². The summed E-state index contributed by atoms with van der Waals surface area (Å²) in [6.45, 7) is 7.01. The molecule has 0 radical (unpaired) electrons. The van der Waals surface area contributed by atoms with Crippen LogP contribution in [0.15, 0.2) is 18.5 Å². The summed E-state index contributed by atoms with van der Waals surface area (Å²) in [5.74, 6) is 4.22. The number of fused-ring (bicyclic) bond motifs is 3. The fourth-order valence-corrected chi connectivity index (χ4v) is 3.79. The zero-order valence-corrected chi connectivity index (χ0v) is 16.7. The Morgan fingerprint density at radius 3 is 2.79 bits per heavy atom. The molecule has 9 nitrogen and oxygen atoms in total. The first-order chi connectivity index (χ1) is 14.1. The molecular weight excluding hydrogens is 370 g/mol. The maximum absolute atomic E-state index is 9.75. The lowest BCUT2D eigenvalue weighted by molar-refractivity contribution is 0.145. The van der Waals surface area contributed by atoms with Gasteiger partial charge in [-0.15, -0.1) is 0 Å². The van der Waals surface area contributed by atoms with E-state index in [2.05, 4.69) is 43.5 Å². The van der Waals surface area contributed by atoms with Gasteiger partial charge in [0.15, 0.2) is 0 Å². The molecule has 0 saturated carbocycles. The summed E-state index contributed by atoms with van der Waals surface area (Å²) in [5, 5.41) is 17.1. The van der Waals surface area contributed by atoms with Crippen LogP contribution in [0.4, 0.5) is 5.82 Å². The monoisotopic (exact) mass is 395 g/mol. The predicted molar refractivity (Wildman–Crippen MR) is 108 cm³/mol. The van der Waals surface area contributed by atoms with E-state index in [-0.39, 0.29) is 12.0 Å². The van der Waals surface area contributed by atoms with Crippen LogP contribution < -0.4 is 9.64 Å². The van der Waals surface area contributed by atoms with E-state index in [9.17, 15) is 5.11 Å². The number of aromatic nitrogens is 6. The quantitative estimate of drug-likeness (QED) is 0.700. The molecule has 0 aromatic carbocycles. The highest BCUT2D eigenvalue weighted by Gasteiger charge is 2.24. The minimum absolute atomic E-state index is 0.207. The Balaban J connectivity index is 1.48. The smallest absolute Gasteiger partial charge is 0.201 e. The zero-order valence-electron chi connectivity index (χ0n) is 16.7. The van der Waals surface area contributed by atoms with E-state index >= 15 is 0 Å². The number of rotatable bonds is 3. The number of H-pyrrole nitrogens is 1. The molecule has 2 N–H and O–H groups in total. The van der Waals surface area contributed by atoms with E-state index in [0.29, 0.717) is 19.0 Å². The van der Waals surface area contributed by atoms with Gasteiger partial charge in [0.25, 0.3) is 0 Å². The van der Waals surface area contributed by atoms with Crippen molar-refractivity contribution < 1.29 is 9.84 Å². The summed E-state index contributed by atoms with van der Waals surface area (Å²) in [4.78, 5) is 16.2. The number of piperidine rings is 1. The first-order valence-electron chi connectivity index (χ1n) is 10.1. The molecule has 5 heterocycles. The third-order valence-corrected chi connectivity index (χ3v) is 5.53. The predicted octanol–water partition coefficient (Wildman–Crippen LogP) is 2.21. The van der Waals surface area contributed by atoms with Gasteiger partial charge in [0, 0.05) is 37.5 Å². The second kappa shape index (κ2) is 7.14. The molecule has 3 aromatic rings. The third kappa shape index (κ3) is 3.35. The second-order valence-corrected chi connectivity index (χ2v) is 7.95. The van der Waals surface area contributed by atoms with Gasteiger partial charge < -0.3 is 19.3 Å². The van der Waals surface area contributed by atoms with Crippen molar-refractivity contribution in [1.82, 2.24) is 29.7 Å². The molecule has 5 rings (SSSR count). The van der Waals surface area contributed by atoms with Crippen LogP contribution in [-0.2, 0) is 6.54 Å². The molecule has 2 aliphatic heterocycles. The van der Waals surface area contributed by atoms with Gasteiger partial charge in [-0.2, -0.15) is 5.10 Å². The van der Waals surface area contributed by atoms with Crippen molar-refractivity contribution in [2.75, 3.05) is 24.6 Å². The lowest BCUT2D eigenvalue weighted by atomic mass is 10.1. The van der Waals surface area contributed by atoms with E-state index in [1.165, 1.54) is 0 Å². The Morgan fingerprint density at radius 1 is 1.21 bits per heavy atom. The Labute approximate surface area is 168 Å². The van der Waals surface area contributed by atoms with Crippen molar-refractivity contribution in [3.8, 4) is 28.7 Å². The Bertz CT molecular complexity index is 1020. The number of aromatic amines is 1. The fraction of sp³-hybridized carbons (Fsp3) is 0.500. The van der Waals surface area contributed by atoms with Crippen molar-refractivity contribution in [3.05, 3.63) is 24.3 Å². The van der Waals surface area contributed by atoms with Gasteiger partial charge in [-0.3, -0.25) is 5.10 Å². The van der Waals surface area contributed by atoms with Gasteiger partial charge in [0.2, 0.25) is 5.82 Å².